The molecule has 1 aromatic carbocycles. The molecule has 3 nitrogen and oxygen atoms in total. The first kappa shape index (κ1) is 10.9. The molecule has 1 unspecified atom stereocenters. The zero-order chi connectivity index (χ0) is 11.4. The van der Waals surface area contributed by atoms with Crippen LogP contribution < -0.4 is 10.5 Å². The topological polar surface area (TPSA) is 48.1 Å². The Bertz CT molecular complexity index is 466. The maximum Gasteiger partial charge on any atom is 0.138 e. The average Bonchev–Trinajstić information content (AvgIpc) is 2.35. The van der Waals surface area contributed by atoms with E-state index in [0.717, 1.165) is 23.1 Å². The van der Waals surface area contributed by atoms with Crippen molar-refractivity contribution in [1.82, 2.24) is 4.98 Å². The van der Waals surface area contributed by atoms with Crippen molar-refractivity contribution in [2.75, 3.05) is 6.54 Å². The number of hydrogen-bond donors (Lipinski definition) is 1. The van der Waals surface area contributed by atoms with E-state index in [2.05, 4.69) is 11.9 Å². The predicted molar refractivity (Wildman–Crippen MR) is 65.5 cm³/mol. The molecule has 0 bridgehead atoms. The van der Waals surface area contributed by atoms with Crippen molar-refractivity contribution in [3.63, 3.8) is 0 Å². The lowest BCUT2D eigenvalue weighted by molar-refractivity contribution is 0.205. The molecule has 2 rings (SSSR count). The summed E-state index contributed by atoms with van der Waals surface area (Å²) in [5.41, 5.74) is 6.58. The van der Waals surface area contributed by atoms with Crippen molar-refractivity contribution >= 4 is 10.9 Å². The van der Waals surface area contributed by atoms with E-state index >= 15 is 0 Å². The number of hydrogen-bond acceptors (Lipinski definition) is 3. The molecule has 0 fully saturated rings. The van der Waals surface area contributed by atoms with Crippen LogP contribution in [0, 0.1) is 0 Å². The molecule has 3 heteroatoms. The number of benzene rings is 1. The molecule has 0 aliphatic carbocycles. The Balaban J connectivity index is 2.25. The van der Waals surface area contributed by atoms with Crippen LogP contribution >= 0.6 is 0 Å². The molecule has 1 heterocycles. The van der Waals surface area contributed by atoms with Crippen molar-refractivity contribution < 1.29 is 4.74 Å². The lowest BCUT2D eigenvalue weighted by Crippen LogP contribution is -2.25. The summed E-state index contributed by atoms with van der Waals surface area (Å²) < 4.78 is 5.73. The predicted octanol–water partition coefficient (Wildman–Crippen LogP) is 2.35. The van der Waals surface area contributed by atoms with Gasteiger partial charge >= 0.3 is 0 Å². The number of aromatic nitrogens is 1. The molecule has 1 atom stereocenters. The fourth-order valence-electron chi connectivity index (χ4n) is 1.61. The van der Waals surface area contributed by atoms with Gasteiger partial charge < -0.3 is 10.5 Å². The van der Waals surface area contributed by atoms with Gasteiger partial charge in [0, 0.05) is 11.9 Å². The lowest BCUT2D eigenvalue weighted by Gasteiger charge is -2.15. The monoisotopic (exact) mass is 216 g/mol. The maximum atomic E-state index is 5.73. The van der Waals surface area contributed by atoms with Gasteiger partial charge in [-0.1, -0.05) is 25.1 Å². The molecule has 0 aliphatic heterocycles. The van der Waals surface area contributed by atoms with Crippen LogP contribution in [-0.2, 0) is 0 Å². The second kappa shape index (κ2) is 4.94. The summed E-state index contributed by atoms with van der Waals surface area (Å²) in [7, 11) is 0. The van der Waals surface area contributed by atoms with E-state index < -0.39 is 0 Å². The molecule has 0 amide bonds. The van der Waals surface area contributed by atoms with E-state index in [1.165, 1.54) is 0 Å². The van der Waals surface area contributed by atoms with Gasteiger partial charge in [-0.2, -0.15) is 0 Å². The van der Waals surface area contributed by atoms with Gasteiger partial charge in [0.1, 0.15) is 11.9 Å². The van der Waals surface area contributed by atoms with E-state index in [0.29, 0.717) is 6.54 Å². The first-order valence-electron chi connectivity index (χ1n) is 5.55. The first-order valence-corrected chi connectivity index (χ1v) is 5.55. The Morgan fingerprint density at radius 1 is 1.38 bits per heavy atom. The van der Waals surface area contributed by atoms with E-state index in [1.807, 2.05) is 30.3 Å². The van der Waals surface area contributed by atoms with E-state index in [-0.39, 0.29) is 6.10 Å². The summed E-state index contributed by atoms with van der Waals surface area (Å²) in [5, 5.41) is 1.09. The number of nitrogens with two attached hydrogens (primary N) is 1. The van der Waals surface area contributed by atoms with E-state index in [4.69, 9.17) is 10.5 Å². The Morgan fingerprint density at radius 2 is 2.19 bits per heavy atom. The highest BCUT2D eigenvalue weighted by molar-refractivity contribution is 5.79. The highest BCUT2D eigenvalue weighted by atomic mass is 16.5. The number of fused-ring (bicyclic) bond motifs is 1. The van der Waals surface area contributed by atoms with Crippen LogP contribution in [-0.4, -0.2) is 17.6 Å². The minimum atomic E-state index is 0.0722. The van der Waals surface area contributed by atoms with Crippen molar-refractivity contribution in [3.05, 3.63) is 36.5 Å². The summed E-state index contributed by atoms with van der Waals surface area (Å²) >= 11 is 0. The number of para-hydroxylation sites is 1. The van der Waals surface area contributed by atoms with Gasteiger partial charge in [0.05, 0.1) is 11.7 Å². The molecule has 0 aliphatic rings. The van der Waals surface area contributed by atoms with Gasteiger partial charge in [-0.3, -0.25) is 4.98 Å². The fourth-order valence-corrected chi connectivity index (χ4v) is 1.61. The second-order valence-corrected chi connectivity index (χ2v) is 3.75. The first-order chi connectivity index (χ1) is 7.83. The van der Waals surface area contributed by atoms with Crippen molar-refractivity contribution in [2.45, 2.75) is 19.4 Å². The molecule has 0 spiro atoms. The highest BCUT2D eigenvalue weighted by Crippen LogP contribution is 2.19. The molecule has 84 valence electrons. The summed E-state index contributed by atoms with van der Waals surface area (Å²) in [6.45, 7) is 2.59. The molecule has 0 radical (unpaired) electrons. The van der Waals surface area contributed by atoms with Crippen molar-refractivity contribution in [3.8, 4) is 5.75 Å². The smallest absolute Gasteiger partial charge is 0.138 e. The van der Waals surface area contributed by atoms with Crippen LogP contribution in [0.4, 0.5) is 0 Å². The normalized spacial score (nSPS) is 12.6. The summed E-state index contributed by atoms with van der Waals surface area (Å²) in [6.07, 6.45) is 2.73. The number of pyridine rings is 1. The molecule has 16 heavy (non-hydrogen) atoms. The standard InChI is InChI=1S/C13H16N2O/c1-2-11(8-14)16-12-7-10-5-3-4-6-13(10)15-9-12/h3-7,9,11H,2,8,14H2,1H3. The van der Waals surface area contributed by atoms with Gasteiger partial charge in [-0.15, -0.1) is 0 Å². The summed E-state index contributed by atoms with van der Waals surface area (Å²) in [6, 6.07) is 9.98. The Kier molecular flexibility index (Phi) is 3.37. The summed E-state index contributed by atoms with van der Waals surface area (Å²) in [4.78, 5) is 4.34. The van der Waals surface area contributed by atoms with E-state index in [9.17, 15) is 0 Å². The third kappa shape index (κ3) is 2.31. The minimum absolute atomic E-state index is 0.0722. The third-order valence-electron chi connectivity index (χ3n) is 2.59. The number of nitrogens with zero attached hydrogens (tertiary/aromatic N) is 1. The lowest BCUT2D eigenvalue weighted by atomic mass is 10.2. The van der Waals surface area contributed by atoms with Crippen LogP contribution in [0.5, 0.6) is 5.75 Å². The van der Waals surface area contributed by atoms with Crippen molar-refractivity contribution in [1.29, 1.82) is 0 Å². The van der Waals surface area contributed by atoms with Gasteiger partial charge in [-0.05, 0) is 18.6 Å². The molecule has 2 aromatic rings. The average molecular weight is 216 g/mol. The van der Waals surface area contributed by atoms with E-state index in [1.54, 1.807) is 6.20 Å². The number of rotatable bonds is 4. The van der Waals surface area contributed by atoms with Gasteiger partial charge in [0.25, 0.3) is 0 Å². The SMILES string of the molecule is CCC(CN)Oc1cnc2ccccc2c1. The maximum absolute atomic E-state index is 5.73. The van der Waals surface area contributed by atoms with Gasteiger partial charge in [-0.25, -0.2) is 0 Å². The molecule has 1 aromatic heterocycles. The quantitative estimate of drug-likeness (QED) is 0.853. The fraction of sp³-hybridized carbons (Fsp3) is 0.308. The largest absolute Gasteiger partial charge is 0.487 e. The van der Waals surface area contributed by atoms with Crippen LogP contribution in [0.2, 0.25) is 0 Å². The molecule has 0 saturated heterocycles. The van der Waals surface area contributed by atoms with Crippen LogP contribution in [0.1, 0.15) is 13.3 Å². The highest BCUT2D eigenvalue weighted by Gasteiger charge is 2.06. The van der Waals surface area contributed by atoms with Gasteiger partial charge in [0.2, 0.25) is 0 Å². The second-order valence-electron chi connectivity index (χ2n) is 3.75. The zero-order valence-electron chi connectivity index (χ0n) is 9.39. The third-order valence-corrected chi connectivity index (χ3v) is 2.59. The van der Waals surface area contributed by atoms with Crippen LogP contribution in [0.15, 0.2) is 36.5 Å². The van der Waals surface area contributed by atoms with Crippen LogP contribution in [0.3, 0.4) is 0 Å². The molecular weight excluding hydrogens is 200 g/mol. The minimum Gasteiger partial charge on any atom is -0.487 e. The molecule has 2 N–H and O–H groups in total. The Morgan fingerprint density at radius 3 is 2.94 bits per heavy atom. The zero-order valence-corrected chi connectivity index (χ0v) is 9.39. The van der Waals surface area contributed by atoms with Gasteiger partial charge in [0.15, 0.2) is 0 Å². The molecule has 0 saturated carbocycles. The summed E-state index contributed by atoms with van der Waals surface area (Å²) in [5.74, 6) is 0.788. The van der Waals surface area contributed by atoms with Crippen molar-refractivity contribution in [2.24, 2.45) is 5.73 Å². The Labute approximate surface area is 95.2 Å². The van der Waals surface area contributed by atoms with Crippen LogP contribution in [0.25, 0.3) is 10.9 Å². The molecular formula is C13H16N2O. The number of ether oxygens (including phenoxy) is 1. The Hall–Kier alpha value is -1.61.